The van der Waals surface area contributed by atoms with E-state index in [2.05, 4.69) is 54.9 Å². The summed E-state index contributed by atoms with van der Waals surface area (Å²) in [5.41, 5.74) is 1.39. The molecule has 28 heavy (non-hydrogen) atoms. The zero-order valence-electron chi connectivity index (χ0n) is 17.9. The topological polar surface area (TPSA) is 65.0 Å². The molecule has 1 fully saturated rings. The lowest BCUT2D eigenvalue weighted by Gasteiger charge is -2.35. The zero-order chi connectivity index (χ0) is 20.6. The first-order chi connectivity index (χ1) is 13.3. The molecule has 1 amide bonds. The lowest BCUT2D eigenvalue weighted by molar-refractivity contribution is -0.122. The van der Waals surface area contributed by atoms with Gasteiger partial charge in [-0.05, 0) is 29.5 Å². The fourth-order valence-corrected chi connectivity index (χ4v) is 3.25. The van der Waals surface area contributed by atoms with Gasteiger partial charge in [-0.25, -0.2) is 0 Å². The molecule has 6 heteroatoms. The van der Waals surface area contributed by atoms with Crippen molar-refractivity contribution in [2.24, 2.45) is 0 Å². The third-order valence-corrected chi connectivity index (χ3v) is 5.04. The number of ether oxygens (including phenoxy) is 1. The van der Waals surface area contributed by atoms with Crippen molar-refractivity contribution < 1.29 is 14.6 Å². The maximum Gasteiger partial charge on any atom is 0.234 e. The molecular weight excluding hydrogens is 354 g/mol. The number of aliphatic hydroxyl groups excluding tert-OH is 1. The highest BCUT2D eigenvalue weighted by Gasteiger charge is 2.21. The number of rotatable bonds is 9. The highest BCUT2D eigenvalue weighted by Crippen LogP contribution is 2.24. The van der Waals surface area contributed by atoms with Gasteiger partial charge in [0, 0.05) is 39.3 Å². The molecule has 0 unspecified atom stereocenters. The van der Waals surface area contributed by atoms with Crippen LogP contribution in [0.2, 0.25) is 0 Å². The number of carbonyl (C=O) groups is 1. The number of β-amino-alcohol motifs (C(OH)–C–C–N with tert-alkyl or cyclic N) is 1. The van der Waals surface area contributed by atoms with Gasteiger partial charge in [-0.15, -0.1) is 0 Å². The molecule has 1 heterocycles. The van der Waals surface area contributed by atoms with Crippen LogP contribution in [0.3, 0.4) is 0 Å². The first-order valence-electron chi connectivity index (χ1n) is 10.4. The van der Waals surface area contributed by atoms with E-state index in [9.17, 15) is 9.90 Å². The average molecular weight is 392 g/mol. The Kier molecular flexibility index (Phi) is 8.73. The molecule has 2 rings (SSSR count). The summed E-state index contributed by atoms with van der Waals surface area (Å²) in [5, 5.41) is 13.2. The van der Waals surface area contributed by atoms with Crippen LogP contribution in [0.5, 0.6) is 5.75 Å². The third kappa shape index (κ3) is 7.78. The Labute approximate surface area is 169 Å². The van der Waals surface area contributed by atoms with Crippen LogP contribution in [-0.4, -0.2) is 79.3 Å². The molecule has 0 bridgehead atoms. The predicted molar refractivity (Wildman–Crippen MR) is 113 cm³/mol. The van der Waals surface area contributed by atoms with E-state index in [1.54, 1.807) is 0 Å². The standard InChI is InChI=1S/C22H37N3O3/c1-5-10-23-21(27)16-25-13-11-24(12-14-25)15-19(26)17-28-20-8-6-18(7-9-20)22(2,3)4/h6-9,19,26H,5,10-17H2,1-4H3,(H,23,27)/t19-/m0/s1. The van der Waals surface area contributed by atoms with Gasteiger partial charge in [0.2, 0.25) is 5.91 Å². The van der Waals surface area contributed by atoms with Gasteiger partial charge in [0.05, 0.1) is 6.54 Å². The van der Waals surface area contributed by atoms with E-state index in [0.29, 0.717) is 13.1 Å². The number of nitrogens with one attached hydrogen (secondary N) is 1. The largest absolute Gasteiger partial charge is 0.491 e. The minimum absolute atomic E-state index is 0.0983. The minimum atomic E-state index is -0.526. The summed E-state index contributed by atoms with van der Waals surface area (Å²) in [6.45, 7) is 14.1. The van der Waals surface area contributed by atoms with Crippen LogP contribution in [0.15, 0.2) is 24.3 Å². The van der Waals surface area contributed by atoms with E-state index in [1.807, 2.05) is 12.1 Å². The number of amides is 1. The highest BCUT2D eigenvalue weighted by molar-refractivity contribution is 5.77. The minimum Gasteiger partial charge on any atom is -0.491 e. The van der Waals surface area contributed by atoms with E-state index in [4.69, 9.17) is 4.74 Å². The van der Waals surface area contributed by atoms with Crippen LogP contribution in [0.4, 0.5) is 0 Å². The SMILES string of the molecule is CCCNC(=O)CN1CCN(C[C@H](O)COc2ccc(C(C)(C)C)cc2)CC1. The number of hydrogen-bond acceptors (Lipinski definition) is 5. The van der Waals surface area contributed by atoms with Crippen molar-refractivity contribution in [3.63, 3.8) is 0 Å². The van der Waals surface area contributed by atoms with Crippen molar-refractivity contribution in [2.45, 2.75) is 45.6 Å². The average Bonchev–Trinajstić information content (AvgIpc) is 2.66. The monoisotopic (exact) mass is 391 g/mol. The van der Waals surface area contributed by atoms with Gasteiger partial charge < -0.3 is 15.2 Å². The lowest BCUT2D eigenvalue weighted by atomic mass is 9.87. The van der Waals surface area contributed by atoms with Crippen molar-refractivity contribution in [1.29, 1.82) is 0 Å². The summed E-state index contributed by atoms with van der Waals surface area (Å²) in [6, 6.07) is 8.10. The molecule has 1 aliphatic heterocycles. The van der Waals surface area contributed by atoms with Gasteiger partial charge in [-0.1, -0.05) is 39.8 Å². The number of nitrogens with zero attached hydrogens (tertiary/aromatic N) is 2. The predicted octanol–water partition coefficient (Wildman–Crippen LogP) is 1.87. The van der Waals surface area contributed by atoms with Crippen LogP contribution in [0.25, 0.3) is 0 Å². The first kappa shape index (κ1) is 22.7. The molecule has 0 saturated carbocycles. The first-order valence-corrected chi connectivity index (χ1v) is 10.4. The van der Waals surface area contributed by atoms with Gasteiger partial charge >= 0.3 is 0 Å². The Morgan fingerprint density at radius 1 is 1.14 bits per heavy atom. The van der Waals surface area contributed by atoms with Gasteiger partial charge in [-0.2, -0.15) is 0 Å². The normalized spacial score (nSPS) is 17.3. The molecule has 158 valence electrons. The van der Waals surface area contributed by atoms with Crippen molar-refractivity contribution in [3.8, 4) is 5.75 Å². The highest BCUT2D eigenvalue weighted by atomic mass is 16.5. The van der Waals surface area contributed by atoms with E-state index in [0.717, 1.165) is 44.9 Å². The van der Waals surface area contributed by atoms with Crippen molar-refractivity contribution >= 4 is 5.91 Å². The molecule has 1 atom stereocenters. The van der Waals surface area contributed by atoms with Gasteiger partial charge in [-0.3, -0.25) is 14.6 Å². The van der Waals surface area contributed by atoms with Gasteiger partial charge in [0.1, 0.15) is 18.5 Å². The van der Waals surface area contributed by atoms with Crippen molar-refractivity contribution in [2.75, 3.05) is 52.4 Å². The van der Waals surface area contributed by atoms with Gasteiger partial charge in [0.25, 0.3) is 0 Å². The Morgan fingerprint density at radius 3 is 2.32 bits per heavy atom. The molecule has 1 saturated heterocycles. The van der Waals surface area contributed by atoms with Crippen molar-refractivity contribution in [1.82, 2.24) is 15.1 Å². The Morgan fingerprint density at radius 2 is 1.75 bits per heavy atom. The Hall–Kier alpha value is -1.63. The molecule has 0 radical (unpaired) electrons. The van der Waals surface area contributed by atoms with E-state index >= 15 is 0 Å². The molecule has 2 N–H and O–H groups in total. The van der Waals surface area contributed by atoms with E-state index in [1.165, 1.54) is 5.56 Å². The summed E-state index contributed by atoms with van der Waals surface area (Å²) < 4.78 is 5.75. The zero-order valence-corrected chi connectivity index (χ0v) is 17.9. The maximum absolute atomic E-state index is 11.8. The maximum atomic E-state index is 11.8. The molecule has 0 spiro atoms. The summed E-state index contributed by atoms with van der Waals surface area (Å²) in [5.74, 6) is 0.885. The molecule has 0 aromatic heterocycles. The number of benzene rings is 1. The summed E-state index contributed by atoms with van der Waals surface area (Å²) in [6.07, 6.45) is 0.432. The molecule has 1 aromatic rings. The van der Waals surface area contributed by atoms with Crippen LogP contribution in [0.1, 0.15) is 39.7 Å². The van der Waals surface area contributed by atoms with Crippen LogP contribution in [-0.2, 0) is 10.2 Å². The lowest BCUT2D eigenvalue weighted by Crippen LogP contribution is -2.51. The molecule has 6 nitrogen and oxygen atoms in total. The van der Waals surface area contributed by atoms with Crippen LogP contribution < -0.4 is 10.1 Å². The number of carbonyl (C=O) groups excluding carboxylic acids is 1. The second-order valence-electron chi connectivity index (χ2n) is 8.67. The fraction of sp³-hybridized carbons (Fsp3) is 0.682. The molecular formula is C22H37N3O3. The van der Waals surface area contributed by atoms with E-state index < -0.39 is 6.10 Å². The fourth-order valence-electron chi connectivity index (χ4n) is 3.25. The second kappa shape index (κ2) is 10.8. The number of piperazine rings is 1. The summed E-state index contributed by atoms with van der Waals surface area (Å²) in [7, 11) is 0. The Balaban J connectivity index is 1.66. The van der Waals surface area contributed by atoms with E-state index in [-0.39, 0.29) is 17.9 Å². The number of hydrogen-bond donors (Lipinski definition) is 2. The van der Waals surface area contributed by atoms with Gasteiger partial charge in [0.15, 0.2) is 0 Å². The summed E-state index contributed by atoms with van der Waals surface area (Å²) >= 11 is 0. The Bertz CT molecular complexity index is 590. The van der Waals surface area contributed by atoms with Crippen LogP contribution in [0, 0.1) is 0 Å². The third-order valence-electron chi connectivity index (χ3n) is 5.04. The second-order valence-corrected chi connectivity index (χ2v) is 8.67. The van der Waals surface area contributed by atoms with Crippen molar-refractivity contribution in [3.05, 3.63) is 29.8 Å². The molecule has 1 aliphatic rings. The number of aliphatic hydroxyl groups is 1. The van der Waals surface area contributed by atoms with Crippen LogP contribution >= 0.6 is 0 Å². The molecule has 0 aliphatic carbocycles. The quantitative estimate of drug-likeness (QED) is 0.673. The molecule has 1 aromatic carbocycles. The smallest absolute Gasteiger partial charge is 0.234 e. The summed E-state index contributed by atoms with van der Waals surface area (Å²) in [4.78, 5) is 16.2.